The maximum Gasteiger partial charge on any atom is 0.153 e. The van der Waals surface area contributed by atoms with Crippen LogP contribution in [0.2, 0.25) is 0 Å². The van der Waals surface area contributed by atoms with E-state index in [1.165, 1.54) is 6.92 Å². The van der Waals surface area contributed by atoms with Gasteiger partial charge < -0.3 is 0 Å². The summed E-state index contributed by atoms with van der Waals surface area (Å²) in [4.78, 5) is 3.32. The second-order valence-corrected chi connectivity index (χ2v) is 1.36. The standard InChI is InChI=1S/C6H5N3/c1-5(3-7)6(4-8)9-2/h2H2,1H3/b6-5+. The Kier molecular flexibility index (Phi) is 2.79. The largest absolute Gasteiger partial charge is 0.252 e. The highest BCUT2D eigenvalue weighted by Gasteiger charge is 1.94. The molecule has 0 aliphatic rings. The SMILES string of the molecule is C=N/C(C#N)=C(\C)C#N. The lowest BCUT2D eigenvalue weighted by Crippen LogP contribution is -1.76. The van der Waals surface area contributed by atoms with Crippen LogP contribution in [-0.2, 0) is 0 Å². The van der Waals surface area contributed by atoms with Gasteiger partial charge in [-0.05, 0) is 13.6 Å². The third-order valence-electron chi connectivity index (χ3n) is 0.787. The first-order chi connectivity index (χ1) is 4.26. The molecule has 0 saturated carbocycles. The molecule has 0 N–H and O–H groups in total. The lowest BCUT2D eigenvalue weighted by Gasteiger charge is -1.83. The van der Waals surface area contributed by atoms with Gasteiger partial charge in [0.25, 0.3) is 0 Å². The average Bonchev–Trinajstić information content (AvgIpc) is 1.90. The van der Waals surface area contributed by atoms with Crippen molar-refractivity contribution in [3.05, 3.63) is 11.3 Å². The number of aliphatic imine (C=N–C) groups is 1. The second kappa shape index (κ2) is 3.40. The van der Waals surface area contributed by atoms with Crippen LogP contribution in [0.25, 0.3) is 0 Å². The highest BCUT2D eigenvalue weighted by Crippen LogP contribution is 2.00. The molecule has 44 valence electrons. The minimum Gasteiger partial charge on any atom is -0.252 e. The molecule has 0 aromatic carbocycles. The highest BCUT2D eigenvalue weighted by atomic mass is 14.7. The smallest absolute Gasteiger partial charge is 0.153 e. The quantitative estimate of drug-likeness (QED) is 0.382. The molecule has 0 amide bonds. The zero-order valence-electron chi connectivity index (χ0n) is 5.05. The van der Waals surface area contributed by atoms with Crippen molar-refractivity contribution in [1.29, 1.82) is 10.5 Å². The number of rotatable bonds is 1. The van der Waals surface area contributed by atoms with Gasteiger partial charge in [-0.1, -0.05) is 0 Å². The van der Waals surface area contributed by atoms with Crippen LogP contribution in [0.3, 0.4) is 0 Å². The molecule has 0 aromatic rings. The summed E-state index contributed by atoms with van der Waals surface area (Å²) in [5.41, 5.74) is 0.394. The van der Waals surface area contributed by atoms with Crippen molar-refractivity contribution >= 4 is 6.72 Å². The monoisotopic (exact) mass is 119 g/mol. The molecule has 0 unspecified atom stereocenters. The van der Waals surface area contributed by atoms with Crippen LogP contribution in [-0.4, -0.2) is 6.72 Å². The van der Waals surface area contributed by atoms with E-state index in [-0.39, 0.29) is 5.70 Å². The maximum atomic E-state index is 8.23. The predicted octanol–water partition coefficient (Wildman–Crippen LogP) is 1.01. The first kappa shape index (κ1) is 7.39. The molecule has 0 radical (unpaired) electrons. The molecule has 0 bridgehead atoms. The van der Waals surface area contributed by atoms with Crippen LogP contribution in [0.5, 0.6) is 0 Å². The zero-order chi connectivity index (χ0) is 7.28. The highest BCUT2D eigenvalue weighted by molar-refractivity contribution is 5.40. The minimum absolute atomic E-state index is 0.0949. The van der Waals surface area contributed by atoms with E-state index < -0.39 is 0 Å². The minimum atomic E-state index is 0.0949. The van der Waals surface area contributed by atoms with Gasteiger partial charge >= 0.3 is 0 Å². The summed E-state index contributed by atoms with van der Waals surface area (Å²) in [6.07, 6.45) is 0. The molecule has 0 aliphatic heterocycles. The number of nitriles is 2. The zero-order valence-corrected chi connectivity index (χ0v) is 5.05. The Morgan fingerprint density at radius 3 is 2.11 bits per heavy atom. The van der Waals surface area contributed by atoms with Crippen molar-refractivity contribution in [2.45, 2.75) is 6.92 Å². The summed E-state index contributed by atoms with van der Waals surface area (Å²) in [6, 6.07) is 3.52. The summed E-state index contributed by atoms with van der Waals surface area (Å²) in [6.45, 7) is 4.64. The third kappa shape index (κ3) is 1.75. The van der Waals surface area contributed by atoms with Gasteiger partial charge in [0, 0.05) is 0 Å². The Morgan fingerprint density at radius 2 is 2.00 bits per heavy atom. The molecule has 0 aliphatic carbocycles. The molecular weight excluding hydrogens is 114 g/mol. The van der Waals surface area contributed by atoms with Crippen molar-refractivity contribution in [3.63, 3.8) is 0 Å². The van der Waals surface area contributed by atoms with Crippen LogP contribution in [0.15, 0.2) is 16.3 Å². The van der Waals surface area contributed by atoms with Gasteiger partial charge in [0.05, 0.1) is 11.6 Å². The molecule has 3 heteroatoms. The van der Waals surface area contributed by atoms with Crippen molar-refractivity contribution in [2.75, 3.05) is 0 Å². The summed E-state index contributed by atoms with van der Waals surface area (Å²) >= 11 is 0. The van der Waals surface area contributed by atoms with E-state index in [1.54, 1.807) is 12.1 Å². The van der Waals surface area contributed by atoms with Gasteiger partial charge in [0.15, 0.2) is 5.70 Å². The Bertz CT molecular complexity index is 224. The van der Waals surface area contributed by atoms with Gasteiger partial charge in [0.1, 0.15) is 6.07 Å². The summed E-state index contributed by atoms with van der Waals surface area (Å²) in [5.74, 6) is 0. The predicted molar refractivity (Wildman–Crippen MR) is 33.5 cm³/mol. The molecule has 0 fully saturated rings. The van der Waals surface area contributed by atoms with Crippen molar-refractivity contribution in [3.8, 4) is 12.1 Å². The lowest BCUT2D eigenvalue weighted by molar-refractivity contribution is 1.31. The lowest BCUT2D eigenvalue weighted by atomic mass is 10.3. The Labute approximate surface area is 53.6 Å². The van der Waals surface area contributed by atoms with Gasteiger partial charge in [-0.2, -0.15) is 10.5 Å². The second-order valence-electron chi connectivity index (χ2n) is 1.36. The first-order valence-corrected chi connectivity index (χ1v) is 2.24. The van der Waals surface area contributed by atoms with Gasteiger partial charge in [-0.3, -0.25) is 4.99 Å². The van der Waals surface area contributed by atoms with Crippen LogP contribution < -0.4 is 0 Å². The maximum absolute atomic E-state index is 8.23. The van der Waals surface area contributed by atoms with Crippen LogP contribution in [0, 0.1) is 22.7 Å². The molecule has 3 nitrogen and oxygen atoms in total. The Hall–Kier alpha value is -1.61. The van der Waals surface area contributed by atoms with E-state index in [1.807, 2.05) is 0 Å². The van der Waals surface area contributed by atoms with Gasteiger partial charge in [0.2, 0.25) is 0 Å². The Balaban J connectivity index is 4.70. The molecule has 0 atom stereocenters. The average molecular weight is 119 g/mol. The molecule has 0 aromatic heterocycles. The fraction of sp³-hybridized carbons (Fsp3) is 0.167. The van der Waals surface area contributed by atoms with E-state index in [9.17, 15) is 0 Å². The normalized spacial score (nSPS) is 10.6. The molecule has 0 heterocycles. The summed E-state index contributed by atoms with van der Waals surface area (Å²) < 4.78 is 0. The summed E-state index contributed by atoms with van der Waals surface area (Å²) in [7, 11) is 0. The molecule has 0 rings (SSSR count). The van der Waals surface area contributed by atoms with E-state index >= 15 is 0 Å². The summed E-state index contributed by atoms with van der Waals surface area (Å²) in [5, 5.41) is 16.5. The topological polar surface area (TPSA) is 59.9 Å². The Morgan fingerprint density at radius 1 is 1.44 bits per heavy atom. The first-order valence-electron chi connectivity index (χ1n) is 2.24. The van der Waals surface area contributed by atoms with Gasteiger partial charge in [-0.15, -0.1) is 0 Å². The molecule has 0 spiro atoms. The number of hydrogen-bond donors (Lipinski definition) is 0. The van der Waals surface area contributed by atoms with Crippen LogP contribution in [0.4, 0.5) is 0 Å². The van der Waals surface area contributed by atoms with E-state index in [2.05, 4.69) is 11.7 Å². The van der Waals surface area contributed by atoms with Crippen LogP contribution >= 0.6 is 0 Å². The fourth-order valence-corrected chi connectivity index (χ4v) is 0.291. The van der Waals surface area contributed by atoms with Crippen molar-refractivity contribution < 1.29 is 0 Å². The van der Waals surface area contributed by atoms with E-state index in [0.717, 1.165) is 0 Å². The van der Waals surface area contributed by atoms with E-state index in [4.69, 9.17) is 10.5 Å². The fourth-order valence-electron chi connectivity index (χ4n) is 0.291. The van der Waals surface area contributed by atoms with Gasteiger partial charge in [-0.25, -0.2) is 0 Å². The van der Waals surface area contributed by atoms with Crippen LogP contribution in [0.1, 0.15) is 6.92 Å². The molecular formula is C6H5N3. The number of hydrogen-bond acceptors (Lipinski definition) is 3. The van der Waals surface area contributed by atoms with Crippen molar-refractivity contribution in [1.82, 2.24) is 0 Å². The third-order valence-corrected chi connectivity index (χ3v) is 0.787. The number of allylic oxidation sites excluding steroid dienone is 2. The molecule has 9 heavy (non-hydrogen) atoms. The van der Waals surface area contributed by atoms with E-state index in [0.29, 0.717) is 5.57 Å². The molecule has 0 saturated heterocycles. The van der Waals surface area contributed by atoms with Crippen molar-refractivity contribution in [2.24, 2.45) is 4.99 Å². The number of nitrogens with zero attached hydrogens (tertiary/aromatic N) is 3.